The molecule has 0 bridgehead atoms. The van der Waals surface area contributed by atoms with Gasteiger partial charge >= 0.3 is 0 Å². The van der Waals surface area contributed by atoms with E-state index in [1.807, 2.05) is 6.92 Å². The van der Waals surface area contributed by atoms with E-state index in [4.69, 9.17) is 15.2 Å². The molecule has 0 saturated heterocycles. The monoisotopic (exact) mass is 309 g/mol. The molecule has 0 radical (unpaired) electrons. The van der Waals surface area contributed by atoms with Crippen LogP contribution in [0.1, 0.15) is 23.7 Å². The van der Waals surface area contributed by atoms with Crippen LogP contribution in [0, 0.1) is 0 Å². The SMILES string of the molecule is CNC(=O)COc1ccc(C(=O)NCCC(C)N)cc1OC. The number of carbonyl (C=O) groups excluding carboxylic acids is 2. The van der Waals surface area contributed by atoms with Crippen molar-refractivity contribution in [3.05, 3.63) is 23.8 Å². The van der Waals surface area contributed by atoms with Crippen LogP contribution in [-0.2, 0) is 4.79 Å². The van der Waals surface area contributed by atoms with E-state index in [1.165, 1.54) is 14.2 Å². The first-order valence-electron chi connectivity index (χ1n) is 7.03. The van der Waals surface area contributed by atoms with Crippen LogP contribution in [0.15, 0.2) is 18.2 Å². The van der Waals surface area contributed by atoms with Gasteiger partial charge in [0.25, 0.3) is 11.8 Å². The van der Waals surface area contributed by atoms with Gasteiger partial charge in [-0.15, -0.1) is 0 Å². The second-order valence-corrected chi connectivity index (χ2v) is 4.85. The normalized spacial score (nSPS) is 11.5. The van der Waals surface area contributed by atoms with Gasteiger partial charge in [0, 0.05) is 25.2 Å². The second kappa shape index (κ2) is 8.89. The molecule has 2 amide bonds. The Bertz CT molecular complexity index is 518. The molecule has 122 valence electrons. The first kappa shape index (κ1) is 17.8. The van der Waals surface area contributed by atoms with E-state index < -0.39 is 0 Å². The van der Waals surface area contributed by atoms with Crippen molar-refractivity contribution >= 4 is 11.8 Å². The number of hydrogen-bond acceptors (Lipinski definition) is 5. The molecule has 0 fully saturated rings. The molecule has 1 atom stereocenters. The summed E-state index contributed by atoms with van der Waals surface area (Å²) in [5, 5.41) is 5.24. The number of methoxy groups -OCH3 is 1. The highest BCUT2D eigenvalue weighted by Crippen LogP contribution is 2.28. The predicted molar refractivity (Wildman–Crippen MR) is 83.2 cm³/mol. The molecule has 1 aromatic carbocycles. The zero-order chi connectivity index (χ0) is 16.5. The Morgan fingerprint density at radius 3 is 2.64 bits per heavy atom. The summed E-state index contributed by atoms with van der Waals surface area (Å²) in [4.78, 5) is 23.2. The van der Waals surface area contributed by atoms with Crippen LogP contribution < -0.4 is 25.8 Å². The second-order valence-electron chi connectivity index (χ2n) is 4.85. The van der Waals surface area contributed by atoms with Gasteiger partial charge in [0.2, 0.25) is 0 Å². The summed E-state index contributed by atoms with van der Waals surface area (Å²) in [5.41, 5.74) is 6.08. The smallest absolute Gasteiger partial charge is 0.257 e. The summed E-state index contributed by atoms with van der Waals surface area (Å²) in [7, 11) is 3.00. The first-order chi connectivity index (χ1) is 10.5. The largest absolute Gasteiger partial charge is 0.493 e. The molecule has 1 rings (SSSR count). The lowest BCUT2D eigenvalue weighted by molar-refractivity contribution is -0.122. The lowest BCUT2D eigenvalue weighted by Gasteiger charge is -2.12. The minimum atomic E-state index is -0.250. The van der Waals surface area contributed by atoms with Crippen molar-refractivity contribution in [3.63, 3.8) is 0 Å². The summed E-state index contributed by atoms with van der Waals surface area (Å²) >= 11 is 0. The molecular weight excluding hydrogens is 286 g/mol. The molecule has 0 aliphatic heterocycles. The minimum Gasteiger partial charge on any atom is -0.493 e. The molecule has 4 N–H and O–H groups in total. The van der Waals surface area contributed by atoms with E-state index in [2.05, 4.69) is 10.6 Å². The number of rotatable bonds is 8. The Morgan fingerprint density at radius 2 is 2.05 bits per heavy atom. The fraction of sp³-hybridized carbons (Fsp3) is 0.467. The Labute approximate surface area is 130 Å². The van der Waals surface area contributed by atoms with Crippen molar-refractivity contribution in [1.29, 1.82) is 0 Å². The lowest BCUT2D eigenvalue weighted by atomic mass is 10.2. The molecule has 1 aromatic rings. The van der Waals surface area contributed by atoms with E-state index in [0.717, 1.165) is 0 Å². The van der Waals surface area contributed by atoms with Gasteiger partial charge < -0.3 is 25.8 Å². The van der Waals surface area contributed by atoms with Gasteiger partial charge in [0.05, 0.1) is 7.11 Å². The van der Waals surface area contributed by atoms with Crippen LogP contribution >= 0.6 is 0 Å². The third-order valence-corrected chi connectivity index (χ3v) is 2.95. The van der Waals surface area contributed by atoms with Gasteiger partial charge in [-0.3, -0.25) is 9.59 Å². The first-order valence-corrected chi connectivity index (χ1v) is 7.03. The predicted octanol–water partition coefficient (Wildman–Crippen LogP) is 0.287. The lowest BCUT2D eigenvalue weighted by Crippen LogP contribution is -2.29. The van der Waals surface area contributed by atoms with Gasteiger partial charge in [-0.1, -0.05) is 0 Å². The summed E-state index contributed by atoms with van der Waals surface area (Å²) in [6.07, 6.45) is 0.705. The quantitative estimate of drug-likeness (QED) is 0.640. The van der Waals surface area contributed by atoms with Crippen LogP contribution in [-0.4, -0.2) is 45.2 Å². The summed E-state index contributed by atoms with van der Waals surface area (Å²) in [5.74, 6) is 0.332. The van der Waals surface area contributed by atoms with Gasteiger partial charge in [0.15, 0.2) is 18.1 Å². The summed E-state index contributed by atoms with van der Waals surface area (Å²) < 4.78 is 10.5. The highest BCUT2D eigenvalue weighted by atomic mass is 16.5. The number of benzene rings is 1. The number of carbonyl (C=O) groups is 2. The Morgan fingerprint density at radius 1 is 1.32 bits per heavy atom. The Hall–Kier alpha value is -2.28. The van der Waals surface area contributed by atoms with Crippen molar-refractivity contribution in [3.8, 4) is 11.5 Å². The van der Waals surface area contributed by atoms with Crippen LogP contribution in [0.25, 0.3) is 0 Å². The van der Waals surface area contributed by atoms with Crippen LogP contribution in [0.5, 0.6) is 11.5 Å². The van der Waals surface area contributed by atoms with Gasteiger partial charge in [0.1, 0.15) is 0 Å². The molecule has 0 saturated carbocycles. The molecular formula is C15H23N3O4. The highest BCUT2D eigenvalue weighted by molar-refractivity contribution is 5.94. The standard InChI is InChI=1S/C15H23N3O4/c1-10(16)6-7-18-15(20)11-4-5-12(13(8-11)21-3)22-9-14(19)17-2/h4-5,8,10H,6-7,9,16H2,1-3H3,(H,17,19)(H,18,20). The van der Waals surface area contributed by atoms with Crippen LogP contribution in [0.4, 0.5) is 0 Å². The molecule has 7 heteroatoms. The molecule has 1 unspecified atom stereocenters. The number of amides is 2. The number of ether oxygens (including phenoxy) is 2. The fourth-order valence-corrected chi connectivity index (χ4v) is 1.66. The molecule has 0 aromatic heterocycles. The van der Waals surface area contributed by atoms with Crippen molar-refractivity contribution in [2.75, 3.05) is 27.3 Å². The van der Waals surface area contributed by atoms with Crippen molar-refractivity contribution in [2.45, 2.75) is 19.4 Å². The van der Waals surface area contributed by atoms with E-state index in [0.29, 0.717) is 30.0 Å². The minimum absolute atomic E-state index is 0.0373. The Balaban J connectivity index is 2.70. The third-order valence-electron chi connectivity index (χ3n) is 2.95. The number of likely N-dealkylation sites (N-methyl/N-ethyl adjacent to an activating group) is 1. The number of nitrogens with two attached hydrogens (primary N) is 1. The van der Waals surface area contributed by atoms with E-state index in [9.17, 15) is 9.59 Å². The molecule has 0 heterocycles. The zero-order valence-corrected chi connectivity index (χ0v) is 13.1. The molecule has 7 nitrogen and oxygen atoms in total. The molecule has 0 aliphatic rings. The average molecular weight is 309 g/mol. The van der Waals surface area contributed by atoms with Gasteiger partial charge in [-0.25, -0.2) is 0 Å². The molecule has 22 heavy (non-hydrogen) atoms. The van der Waals surface area contributed by atoms with Crippen molar-refractivity contribution in [2.24, 2.45) is 5.73 Å². The Kier molecular flexibility index (Phi) is 7.18. The number of hydrogen-bond donors (Lipinski definition) is 3. The molecule has 0 aliphatic carbocycles. The van der Waals surface area contributed by atoms with E-state index in [-0.39, 0.29) is 24.5 Å². The maximum absolute atomic E-state index is 12.0. The van der Waals surface area contributed by atoms with Crippen molar-refractivity contribution in [1.82, 2.24) is 10.6 Å². The summed E-state index contributed by atoms with van der Waals surface area (Å²) in [6.45, 7) is 2.27. The van der Waals surface area contributed by atoms with Crippen molar-refractivity contribution < 1.29 is 19.1 Å². The van der Waals surface area contributed by atoms with Crippen LogP contribution in [0.2, 0.25) is 0 Å². The van der Waals surface area contributed by atoms with Crippen LogP contribution in [0.3, 0.4) is 0 Å². The van der Waals surface area contributed by atoms with Gasteiger partial charge in [-0.05, 0) is 31.5 Å². The zero-order valence-electron chi connectivity index (χ0n) is 13.1. The topological polar surface area (TPSA) is 103 Å². The fourth-order valence-electron chi connectivity index (χ4n) is 1.66. The van der Waals surface area contributed by atoms with E-state index >= 15 is 0 Å². The maximum atomic E-state index is 12.0. The van der Waals surface area contributed by atoms with E-state index in [1.54, 1.807) is 18.2 Å². The number of nitrogens with one attached hydrogen (secondary N) is 2. The third kappa shape index (κ3) is 5.61. The average Bonchev–Trinajstić information content (AvgIpc) is 2.51. The maximum Gasteiger partial charge on any atom is 0.257 e. The summed E-state index contributed by atoms with van der Waals surface area (Å²) in [6, 6.07) is 4.82. The molecule has 0 spiro atoms. The highest BCUT2D eigenvalue weighted by Gasteiger charge is 2.12. The van der Waals surface area contributed by atoms with Gasteiger partial charge in [-0.2, -0.15) is 0 Å².